The number of likely N-dealkylation sites (tertiary alicyclic amines) is 1. The number of phenols is 1. The van der Waals surface area contributed by atoms with E-state index in [1.54, 1.807) is 26.4 Å². The minimum Gasteiger partial charge on any atom is -0.508 e. The zero-order valence-electron chi connectivity index (χ0n) is 27.2. The molecule has 1 saturated heterocycles. The maximum absolute atomic E-state index is 13.7. The van der Waals surface area contributed by atoms with Crippen LogP contribution >= 0.6 is 0 Å². The normalized spacial score (nSPS) is 18.5. The Kier molecular flexibility index (Phi) is 11.9. The van der Waals surface area contributed by atoms with E-state index in [1.165, 1.54) is 24.3 Å². The summed E-state index contributed by atoms with van der Waals surface area (Å²) in [5.74, 6) is -1.62. The third-order valence-corrected chi connectivity index (χ3v) is 9.07. The van der Waals surface area contributed by atoms with Crippen LogP contribution in [0.15, 0.2) is 66.7 Å². The van der Waals surface area contributed by atoms with Crippen molar-refractivity contribution in [2.45, 2.75) is 44.1 Å². The summed E-state index contributed by atoms with van der Waals surface area (Å²) in [5.41, 5.74) is 1.90. The number of halogens is 3. The molecule has 266 valence electrons. The number of quaternary nitrogens is 1. The predicted octanol–water partition coefficient (Wildman–Crippen LogP) is 4.34. The number of hydrogen-bond donors (Lipinski definition) is 4. The number of alkyl halides is 3. The van der Waals surface area contributed by atoms with E-state index in [2.05, 4.69) is 27.2 Å². The number of carbonyl (C=O) groups excluding carboxylic acids is 2. The molecule has 0 bridgehead atoms. The Bertz CT molecular complexity index is 1710. The second-order valence-corrected chi connectivity index (χ2v) is 13.7. The van der Waals surface area contributed by atoms with E-state index in [1.807, 2.05) is 18.2 Å². The highest BCUT2D eigenvalue weighted by Crippen LogP contribution is 2.30. The van der Waals surface area contributed by atoms with Crippen LogP contribution in [0.5, 0.6) is 23.0 Å². The van der Waals surface area contributed by atoms with Crippen LogP contribution in [0.1, 0.15) is 24.0 Å². The van der Waals surface area contributed by atoms with Gasteiger partial charge in [-0.3, -0.25) is 4.79 Å². The zero-order valence-corrected chi connectivity index (χ0v) is 28.1. The van der Waals surface area contributed by atoms with E-state index in [-0.39, 0.29) is 29.6 Å². The predicted molar refractivity (Wildman–Crippen MR) is 175 cm³/mol. The van der Waals surface area contributed by atoms with Gasteiger partial charge in [-0.25, -0.2) is 4.79 Å². The number of carbonyl (C=O) groups is 2. The molecule has 1 aliphatic rings. The van der Waals surface area contributed by atoms with Crippen molar-refractivity contribution in [1.82, 2.24) is 10.6 Å². The molecule has 1 unspecified atom stereocenters. The van der Waals surface area contributed by atoms with Crippen molar-refractivity contribution in [3.8, 4) is 23.0 Å². The number of hydrogen-bond acceptors (Lipinski definition) is 8. The summed E-state index contributed by atoms with van der Waals surface area (Å²) in [6, 6.07) is 14.7. The van der Waals surface area contributed by atoms with Crippen LogP contribution in [0.2, 0.25) is 0 Å². The number of ether oxygens (including phenoxy) is 2. The molecule has 16 heteroatoms. The van der Waals surface area contributed by atoms with Crippen molar-refractivity contribution in [1.29, 1.82) is 0 Å². The van der Waals surface area contributed by atoms with Gasteiger partial charge in [0.25, 0.3) is 0 Å². The minimum absolute atomic E-state index is 0.0443. The number of piperidine rings is 1. The smallest absolute Gasteiger partial charge is 0.406 e. The molecule has 1 fully saturated rings. The lowest BCUT2D eigenvalue weighted by molar-refractivity contribution is -0.927. The largest absolute Gasteiger partial charge is 0.508 e. The Labute approximate surface area is 282 Å². The topological polar surface area (TPSA) is 152 Å². The van der Waals surface area contributed by atoms with Crippen LogP contribution in [0.25, 0.3) is 0 Å². The second-order valence-electron chi connectivity index (χ2n) is 12.2. The average Bonchev–Trinajstić information content (AvgIpc) is 3.01. The Morgan fingerprint density at radius 1 is 0.980 bits per heavy atom. The van der Waals surface area contributed by atoms with E-state index < -0.39 is 40.0 Å². The molecule has 3 amide bonds. The van der Waals surface area contributed by atoms with Crippen molar-refractivity contribution < 1.29 is 54.4 Å². The Morgan fingerprint density at radius 2 is 1.63 bits per heavy atom. The number of benzene rings is 3. The first-order chi connectivity index (χ1) is 23.0. The Morgan fingerprint density at radius 3 is 2.27 bits per heavy atom. The number of anilines is 1. The van der Waals surface area contributed by atoms with Gasteiger partial charge in [0.05, 0.1) is 40.4 Å². The fraction of sp³-hybridized carbons (Fsp3) is 0.394. The number of nitrogens with one attached hydrogen (secondary N) is 3. The zero-order chi connectivity index (χ0) is 35.8. The number of likely N-dealkylation sites (N-methyl/N-ethyl adjacent to an activating group) is 1. The maximum Gasteiger partial charge on any atom is 0.406 e. The van der Waals surface area contributed by atoms with Crippen LogP contribution < -0.4 is 29.6 Å². The molecule has 3 aromatic carbocycles. The first-order valence-electron chi connectivity index (χ1n) is 15.3. The third kappa shape index (κ3) is 11.5. The molecule has 0 saturated carbocycles. The molecular formula is C33H40F3N4O8S+. The maximum atomic E-state index is 13.7. The fourth-order valence-electron chi connectivity index (χ4n) is 5.79. The molecule has 0 aromatic heterocycles. The number of aromatic hydroxyl groups is 1. The first-order valence-corrected chi connectivity index (χ1v) is 16.9. The molecule has 4 N–H and O–H groups in total. The molecular weight excluding hydrogens is 669 g/mol. The van der Waals surface area contributed by atoms with Gasteiger partial charge in [0.2, 0.25) is 5.91 Å². The van der Waals surface area contributed by atoms with E-state index in [0.29, 0.717) is 34.6 Å². The summed E-state index contributed by atoms with van der Waals surface area (Å²) >= 11 is 0. The standard InChI is InChI=1S/C33H39F3N4O8S/c1-40(19-23-8-15-29(46-2)30(18-23)47-3)16-4-5-25(20-40)37-31(42)28(17-22-6-11-26(41)12-7-22)39-32(43)38-24-9-13-27(14-10-24)48-49(44,45)21-33(34,35)36/h6-15,18,25,28H,4-5,16-17,19-21H2,1-3H3,(H3-,37,38,39,41,42,43)/p+1/t25-,28-,40?/m0/s1. The van der Waals surface area contributed by atoms with Crippen LogP contribution in [0, 0.1) is 0 Å². The monoisotopic (exact) mass is 709 g/mol. The van der Waals surface area contributed by atoms with E-state index in [9.17, 15) is 36.3 Å². The van der Waals surface area contributed by atoms with Crippen LogP contribution in [-0.2, 0) is 27.9 Å². The van der Waals surface area contributed by atoms with Crippen molar-refractivity contribution >= 4 is 27.7 Å². The number of rotatable bonds is 13. The minimum atomic E-state index is -4.97. The van der Waals surface area contributed by atoms with Crippen molar-refractivity contribution in [2.24, 2.45) is 0 Å². The fourth-order valence-corrected chi connectivity index (χ4v) is 6.65. The molecule has 1 aliphatic heterocycles. The number of phenolic OH excluding ortho intramolecular Hbond substituents is 1. The summed E-state index contributed by atoms with van der Waals surface area (Å²) in [6.45, 7) is 2.24. The molecule has 0 radical (unpaired) electrons. The first kappa shape index (κ1) is 37.1. The summed E-state index contributed by atoms with van der Waals surface area (Å²) in [5, 5.41) is 18.0. The summed E-state index contributed by atoms with van der Waals surface area (Å²) in [6.07, 6.45) is -3.25. The van der Waals surface area contributed by atoms with Gasteiger partial charge in [0, 0.05) is 17.7 Å². The molecule has 3 atom stereocenters. The highest BCUT2D eigenvalue weighted by Gasteiger charge is 2.37. The number of methoxy groups -OCH3 is 2. The van der Waals surface area contributed by atoms with Gasteiger partial charge in [-0.15, -0.1) is 0 Å². The second kappa shape index (κ2) is 15.7. The van der Waals surface area contributed by atoms with E-state index in [4.69, 9.17) is 9.47 Å². The van der Waals surface area contributed by atoms with Crippen molar-refractivity contribution in [3.63, 3.8) is 0 Å². The Hall–Kier alpha value is -4.70. The molecule has 4 rings (SSSR count). The SMILES string of the molecule is COc1ccc(C[N+]2(C)CCC[C@H](NC(=O)[C@H](Cc3ccc(O)cc3)NC(=O)Nc3ccc(OS(=O)(=O)CC(F)(F)F)cc3)C2)cc1OC. The summed E-state index contributed by atoms with van der Waals surface area (Å²) < 4.78 is 76.8. The molecule has 0 spiro atoms. The van der Waals surface area contributed by atoms with Crippen LogP contribution in [-0.4, -0.2) is 88.3 Å². The van der Waals surface area contributed by atoms with Gasteiger partial charge in [0.1, 0.15) is 24.1 Å². The van der Waals surface area contributed by atoms with Crippen molar-refractivity contribution in [2.75, 3.05) is 45.4 Å². The van der Waals surface area contributed by atoms with Gasteiger partial charge >= 0.3 is 22.3 Å². The van der Waals surface area contributed by atoms with Gasteiger partial charge in [-0.2, -0.15) is 21.6 Å². The highest BCUT2D eigenvalue weighted by atomic mass is 32.2. The number of amides is 3. The van der Waals surface area contributed by atoms with Gasteiger partial charge in [-0.05, 0) is 73.0 Å². The van der Waals surface area contributed by atoms with Crippen LogP contribution in [0.3, 0.4) is 0 Å². The van der Waals surface area contributed by atoms with E-state index >= 15 is 0 Å². The van der Waals surface area contributed by atoms with Crippen LogP contribution in [0.4, 0.5) is 23.7 Å². The lowest BCUT2D eigenvalue weighted by atomic mass is 10.00. The van der Waals surface area contributed by atoms with Gasteiger partial charge in [0.15, 0.2) is 17.3 Å². The molecule has 1 heterocycles. The van der Waals surface area contributed by atoms with Gasteiger partial charge in [-0.1, -0.05) is 12.1 Å². The molecule has 49 heavy (non-hydrogen) atoms. The summed E-state index contributed by atoms with van der Waals surface area (Å²) in [7, 11) is 0.358. The highest BCUT2D eigenvalue weighted by molar-refractivity contribution is 7.87. The average molecular weight is 710 g/mol. The third-order valence-electron chi connectivity index (χ3n) is 7.94. The lowest BCUT2D eigenvalue weighted by Crippen LogP contribution is -2.59. The van der Waals surface area contributed by atoms with Gasteiger partial charge < -0.3 is 39.2 Å². The quantitative estimate of drug-likeness (QED) is 0.151. The molecule has 12 nitrogen and oxygen atoms in total. The summed E-state index contributed by atoms with van der Waals surface area (Å²) in [4.78, 5) is 26.7. The van der Waals surface area contributed by atoms with E-state index in [0.717, 1.165) is 37.1 Å². The number of nitrogens with zero attached hydrogens (tertiary/aromatic N) is 1. The van der Waals surface area contributed by atoms with Crippen molar-refractivity contribution in [3.05, 3.63) is 77.9 Å². The molecule has 3 aromatic rings. The lowest BCUT2D eigenvalue weighted by Gasteiger charge is -2.42. The number of urea groups is 1. The Balaban J connectivity index is 1.42. The molecule has 0 aliphatic carbocycles.